The molecule has 10 heteroatoms. The molecule has 3 rings (SSSR count). The number of amides is 1. The topological polar surface area (TPSA) is 115 Å². The summed E-state index contributed by atoms with van der Waals surface area (Å²) in [4.78, 5) is 42.5. The van der Waals surface area contributed by atoms with Gasteiger partial charge in [0, 0.05) is 33.3 Å². The molecule has 2 aromatic heterocycles. The Morgan fingerprint density at radius 2 is 2.03 bits per heavy atom. The van der Waals surface area contributed by atoms with E-state index in [9.17, 15) is 9.59 Å². The molecule has 0 atom stereocenters. The third-order valence-corrected chi connectivity index (χ3v) is 6.12. The van der Waals surface area contributed by atoms with Crippen molar-refractivity contribution in [3.05, 3.63) is 47.2 Å². The van der Waals surface area contributed by atoms with Crippen molar-refractivity contribution in [2.75, 3.05) is 45.6 Å². The van der Waals surface area contributed by atoms with Crippen LogP contribution in [0.4, 0.5) is 5.82 Å². The molecule has 0 radical (unpaired) electrons. The lowest BCUT2D eigenvalue weighted by atomic mass is 10.1. The van der Waals surface area contributed by atoms with Crippen LogP contribution in [0.1, 0.15) is 54.7 Å². The van der Waals surface area contributed by atoms with Crippen molar-refractivity contribution in [2.24, 2.45) is 0 Å². The fourth-order valence-corrected chi connectivity index (χ4v) is 3.98. The summed E-state index contributed by atoms with van der Waals surface area (Å²) in [6, 6.07) is 6.27. The summed E-state index contributed by atoms with van der Waals surface area (Å²) in [6.07, 6.45) is 8.65. The molecular formula is C26H36N7O3+. The number of pyridine rings is 1. The van der Waals surface area contributed by atoms with Gasteiger partial charge in [-0.25, -0.2) is 9.78 Å². The largest absolute Gasteiger partial charge is 0.370 e. The van der Waals surface area contributed by atoms with Gasteiger partial charge in [-0.05, 0) is 73.0 Å². The fourth-order valence-electron chi connectivity index (χ4n) is 3.98. The number of carbonyl (C=O) groups excluding carboxylic acids is 2. The van der Waals surface area contributed by atoms with Crippen molar-refractivity contribution < 1.29 is 19.2 Å². The Labute approximate surface area is 212 Å². The van der Waals surface area contributed by atoms with Crippen LogP contribution in [0.5, 0.6) is 0 Å². The Kier molecular flexibility index (Phi) is 10.1. The normalized spacial score (nSPS) is 12.4. The zero-order valence-corrected chi connectivity index (χ0v) is 21.5. The van der Waals surface area contributed by atoms with E-state index in [1.807, 2.05) is 6.07 Å². The number of hydrogen-bond acceptors (Lipinski definition) is 8. The van der Waals surface area contributed by atoms with Crippen LogP contribution in [-0.2, 0) is 22.4 Å². The maximum Gasteiger partial charge on any atom is 0.358 e. The number of anilines is 1. The Morgan fingerprint density at radius 3 is 2.81 bits per heavy atom. The van der Waals surface area contributed by atoms with E-state index >= 15 is 0 Å². The lowest BCUT2D eigenvalue weighted by Crippen LogP contribution is -2.49. The van der Waals surface area contributed by atoms with Crippen LogP contribution in [0.3, 0.4) is 0 Å². The van der Waals surface area contributed by atoms with Crippen LogP contribution >= 0.6 is 0 Å². The van der Waals surface area contributed by atoms with Crippen LogP contribution in [0, 0.1) is 18.3 Å². The van der Waals surface area contributed by atoms with Crippen molar-refractivity contribution >= 4 is 17.7 Å². The highest BCUT2D eigenvalue weighted by atomic mass is 16.7. The van der Waals surface area contributed by atoms with Gasteiger partial charge in [-0.1, -0.05) is 6.07 Å². The number of likely N-dealkylation sites (N-methyl/N-ethyl adjacent to an activating group) is 1. The minimum atomic E-state index is -0.411. The number of nitriles is 1. The molecule has 1 aliphatic heterocycles. The second-order valence-corrected chi connectivity index (χ2v) is 9.26. The summed E-state index contributed by atoms with van der Waals surface area (Å²) >= 11 is 0. The minimum Gasteiger partial charge on any atom is -0.370 e. The van der Waals surface area contributed by atoms with Gasteiger partial charge in [-0.2, -0.15) is 5.26 Å². The molecule has 0 fully saturated rings. The molecule has 0 spiro atoms. The zero-order valence-electron chi connectivity index (χ0n) is 21.5. The van der Waals surface area contributed by atoms with Crippen molar-refractivity contribution in [1.82, 2.24) is 19.8 Å². The quantitative estimate of drug-likeness (QED) is 0.348. The molecule has 2 aromatic rings. The highest BCUT2D eigenvalue weighted by molar-refractivity contribution is 5.77. The van der Waals surface area contributed by atoms with Gasteiger partial charge in [0.2, 0.25) is 5.91 Å². The highest BCUT2D eigenvalue weighted by Gasteiger charge is 2.17. The maximum atomic E-state index is 12.3. The summed E-state index contributed by atoms with van der Waals surface area (Å²) in [6.45, 7) is 4.35. The van der Waals surface area contributed by atoms with E-state index in [1.165, 1.54) is 22.7 Å². The molecule has 0 saturated heterocycles. The van der Waals surface area contributed by atoms with Gasteiger partial charge in [-0.3, -0.25) is 14.5 Å². The van der Waals surface area contributed by atoms with Crippen LogP contribution in [-0.4, -0.2) is 71.9 Å². The predicted octanol–water partition coefficient (Wildman–Crippen LogP) is 1.45. The van der Waals surface area contributed by atoms with E-state index in [4.69, 9.17) is 15.1 Å². The highest BCUT2D eigenvalue weighted by Crippen LogP contribution is 2.20. The number of fused-ring (bicyclic) bond motifs is 1. The molecule has 0 saturated carbocycles. The Balaban J connectivity index is 1.45. The molecule has 0 unspecified atom stereocenters. The van der Waals surface area contributed by atoms with Gasteiger partial charge < -0.3 is 10.2 Å². The first kappa shape index (κ1) is 27.0. The van der Waals surface area contributed by atoms with Crippen LogP contribution in [0.15, 0.2) is 24.5 Å². The molecule has 0 aliphatic carbocycles. The van der Waals surface area contributed by atoms with Crippen LogP contribution in [0.2, 0.25) is 0 Å². The van der Waals surface area contributed by atoms with Crippen LogP contribution < -0.4 is 14.9 Å². The third-order valence-electron chi connectivity index (χ3n) is 6.12. The Morgan fingerprint density at radius 1 is 1.22 bits per heavy atom. The summed E-state index contributed by atoms with van der Waals surface area (Å²) < 4.78 is 1.22. The van der Waals surface area contributed by atoms with Gasteiger partial charge in [0.25, 0.3) is 0 Å². The van der Waals surface area contributed by atoms with E-state index in [0.29, 0.717) is 30.9 Å². The van der Waals surface area contributed by atoms with Gasteiger partial charge in [0.05, 0.1) is 13.0 Å². The monoisotopic (exact) mass is 494 g/mol. The molecule has 0 bridgehead atoms. The molecule has 36 heavy (non-hydrogen) atoms. The smallest absolute Gasteiger partial charge is 0.358 e. The number of aryl methyl sites for hydroxylation is 3. The molecule has 192 valence electrons. The molecular weight excluding hydrogens is 458 g/mol. The number of hydrogen-bond donors (Lipinski definition) is 1. The van der Waals surface area contributed by atoms with E-state index in [2.05, 4.69) is 27.3 Å². The number of nitrogens with one attached hydrogen (secondary N) is 1. The van der Waals surface area contributed by atoms with E-state index in [1.54, 1.807) is 25.9 Å². The maximum absolute atomic E-state index is 12.3. The van der Waals surface area contributed by atoms with Gasteiger partial charge in [0.1, 0.15) is 17.5 Å². The van der Waals surface area contributed by atoms with Gasteiger partial charge >= 0.3 is 11.8 Å². The van der Waals surface area contributed by atoms with E-state index < -0.39 is 5.97 Å². The van der Waals surface area contributed by atoms with Gasteiger partial charge in [-0.15, -0.1) is 0 Å². The average molecular weight is 495 g/mol. The lowest BCUT2D eigenvalue weighted by Gasteiger charge is -2.23. The molecule has 1 amide bonds. The standard InChI is InChI=1S/C26H36N7O3/c1-20-29-17-21(16-27)18-33(20)36-25(35)10-7-15-32(19-24(34)31(2)3)14-5-4-9-23-12-11-22-8-6-13-28-26(22)30-23/h11-12,17-18H,4-10,13-15,19H2,1-3H3,(H,28,30)/q+1. The number of carbonyl (C=O) groups is 2. The van der Waals surface area contributed by atoms with Crippen molar-refractivity contribution in [2.45, 2.75) is 51.9 Å². The first-order valence-electron chi connectivity index (χ1n) is 12.5. The number of unbranched alkanes of at least 4 members (excludes halogenated alkanes) is 1. The number of rotatable bonds is 12. The Bertz CT molecular complexity index is 1100. The van der Waals surface area contributed by atoms with Crippen molar-refractivity contribution in [3.63, 3.8) is 0 Å². The third kappa shape index (κ3) is 8.27. The molecule has 10 nitrogen and oxygen atoms in total. The number of nitrogens with zero attached hydrogens (tertiary/aromatic N) is 6. The Hall–Kier alpha value is -3.58. The summed E-state index contributed by atoms with van der Waals surface area (Å²) in [5.74, 6) is 1.12. The first-order chi connectivity index (χ1) is 17.4. The second-order valence-electron chi connectivity index (χ2n) is 9.26. The van der Waals surface area contributed by atoms with E-state index in [-0.39, 0.29) is 12.3 Å². The molecule has 1 N–H and O–H groups in total. The zero-order chi connectivity index (χ0) is 25.9. The van der Waals surface area contributed by atoms with Crippen molar-refractivity contribution in [3.8, 4) is 6.07 Å². The lowest BCUT2D eigenvalue weighted by molar-refractivity contribution is -0.876. The molecule has 0 aromatic carbocycles. The fraction of sp³-hybridized carbons (Fsp3) is 0.538. The second kappa shape index (κ2) is 13.5. The summed E-state index contributed by atoms with van der Waals surface area (Å²) in [5.41, 5.74) is 2.69. The van der Waals surface area contributed by atoms with Crippen molar-refractivity contribution in [1.29, 1.82) is 5.26 Å². The molecule has 3 heterocycles. The van der Waals surface area contributed by atoms with Crippen LogP contribution in [0.25, 0.3) is 0 Å². The predicted molar refractivity (Wildman–Crippen MR) is 134 cm³/mol. The number of aromatic nitrogens is 3. The minimum absolute atomic E-state index is 0.0329. The SMILES string of the molecule is Cc1ncc(C#N)c[n+]1OC(=O)CCCN(CCCCc1ccc2c(n1)NCCC2)CC(=O)N(C)C. The van der Waals surface area contributed by atoms with Gasteiger partial charge in [0.15, 0.2) is 12.4 Å². The van der Waals surface area contributed by atoms with E-state index in [0.717, 1.165) is 56.7 Å². The molecule has 1 aliphatic rings. The average Bonchev–Trinajstić information content (AvgIpc) is 2.87. The summed E-state index contributed by atoms with van der Waals surface area (Å²) in [7, 11) is 3.49. The summed E-state index contributed by atoms with van der Waals surface area (Å²) in [5, 5.41) is 12.4. The first-order valence-corrected chi connectivity index (χ1v) is 12.5.